The van der Waals surface area contributed by atoms with Gasteiger partial charge in [0.15, 0.2) is 11.5 Å². The highest BCUT2D eigenvalue weighted by molar-refractivity contribution is 5.64. The summed E-state index contributed by atoms with van der Waals surface area (Å²) >= 11 is 0. The van der Waals surface area contributed by atoms with Gasteiger partial charge >= 0.3 is 0 Å². The summed E-state index contributed by atoms with van der Waals surface area (Å²) in [6.45, 7) is 5.25. The van der Waals surface area contributed by atoms with Crippen LogP contribution in [-0.2, 0) is 0 Å². The number of methoxy groups -OCH3 is 2. The summed E-state index contributed by atoms with van der Waals surface area (Å²) in [4.78, 5) is 0. The van der Waals surface area contributed by atoms with Crippen LogP contribution in [0, 0.1) is 5.92 Å². The van der Waals surface area contributed by atoms with Gasteiger partial charge in [-0.3, -0.25) is 0 Å². The monoisotopic (exact) mass is 249 g/mol. The first kappa shape index (κ1) is 14.6. The fraction of sp³-hybridized carbons (Fsp3) is 0.467. The third kappa shape index (κ3) is 3.50. The molecule has 1 rings (SSSR count). The predicted octanol–water partition coefficient (Wildman–Crippen LogP) is 2.96. The number of ether oxygens (including phenoxy) is 2. The Balaban J connectivity index is 3.19. The average Bonchev–Trinajstić information content (AvgIpc) is 2.37. The highest BCUT2D eigenvalue weighted by Gasteiger charge is 2.09. The van der Waals surface area contributed by atoms with Gasteiger partial charge < -0.3 is 14.8 Å². The third-order valence-electron chi connectivity index (χ3n) is 2.90. The summed E-state index contributed by atoms with van der Waals surface area (Å²) in [6.07, 6.45) is 2.17. The van der Waals surface area contributed by atoms with Crippen LogP contribution in [0.3, 0.4) is 0 Å². The third-order valence-corrected chi connectivity index (χ3v) is 2.90. The van der Waals surface area contributed by atoms with Crippen molar-refractivity contribution in [2.24, 2.45) is 5.92 Å². The number of hydrogen-bond acceptors (Lipinski definition) is 3. The van der Waals surface area contributed by atoms with Crippen LogP contribution in [-0.4, -0.2) is 27.8 Å². The zero-order valence-corrected chi connectivity index (χ0v) is 11.9. The molecule has 0 atom stereocenters. The summed E-state index contributed by atoms with van der Waals surface area (Å²) in [6, 6.07) is 5.92. The Kier molecular flexibility index (Phi) is 5.72. The molecule has 0 saturated carbocycles. The summed E-state index contributed by atoms with van der Waals surface area (Å²) in [5, 5.41) is 3.20. The highest BCUT2D eigenvalue weighted by Crippen LogP contribution is 2.32. The Bertz CT molecular complexity index is 411. The van der Waals surface area contributed by atoms with E-state index in [2.05, 4.69) is 25.2 Å². The van der Waals surface area contributed by atoms with E-state index in [1.807, 2.05) is 25.2 Å². The van der Waals surface area contributed by atoms with E-state index in [9.17, 15) is 0 Å². The van der Waals surface area contributed by atoms with Crippen molar-refractivity contribution in [3.63, 3.8) is 0 Å². The SMILES string of the molecule is CNCC(=Cc1cccc(OC)c1OC)C(C)C. The number of nitrogens with one attached hydrogen (secondary N) is 1. The molecule has 0 saturated heterocycles. The predicted molar refractivity (Wildman–Crippen MR) is 76.3 cm³/mol. The Hall–Kier alpha value is -1.48. The lowest BCUT2D eigenvalue weighted by Crippen LogP contribution is -2.13. The van der Waals surface area contributed by atoms with E-state index in [1.54, 1.807) is 14.2 Å². The lowest BCUT2D eigenvalue weighted by Gasteiger charge is -2.14. The number of hydrogen-bond donors (Lipinski definition) is 1. The molecular formula is C15H23NO2. The fourth-order valence-corrected chi connectivity index (χ4v) is 1.85. The molecule has 0 radical (unpaired) electrons. The Morgan fingerprint density at radius 3 is 2.50 bits per heavy atom. The molecular weight excluding hydrogens is 226 g/mol. The number of benzene rings is 1. The molecule has 1 aromatic carbocycles. The van der Waals surface area contributed by atoms with Crippen LogP contribution in [0.4, 0.5) is 0 Å². The molecule has 1 N–H and O–H groups in total. The molecule has 0 unspecified atom stereocenters. The second kappa shape index (κ2) is 7.07. The van der Waals surface area contributed by atoms with Crippen LogP contribution < -0.4 is 14.8 Å². The van der Waals surface area contributed by atoms with E-state index < -0.39 is 0 Å². The lowest BCUT2D eigenvalue weighted by atomic mass is 9.99. The molecule has 0 bridgehead atoms. The van der Waals surface area contributed by atoms with Gasteiger partial charge in [-0.1, -0.05) is 37.6 Å². The largest absolute Gasteiger partial charge is 0.493 e. The minimum absolute atomic E-state index is 0.494. The molecule has 0 aliphatic carbocycles. The maximum Gasteiger partial charge on any atom is 0.167 e. The van der Waals surface area contributed by atoms with Crippen LogP contribution in [0.2, 0.25) is 0 Å². The number of likely N-dealkylation sites (N-methyl/N-ethyl adjacent to an activating group) is 1. The molecule has 0 amide bonds. The molecule has 0 aliphatic heterocycles. The van der Waals surface area contributed by atoms with Crippen LogP contribution in [0.5, 0.6) is 11.5 Å². The second-order valence-corrected chi connectivity index (χ2v) is 4.49. The first-order valence-electron chi connectivity index (χ1n) is 6.20. The van der Waals surface area contributed by atoms with Gasteiger partial charge in [0.2, 0.25) is 0 Å². The molecule has 18 heavy (non-hydrogen) atoms. The summed E-state index contributed by atoms with van der Waals surface area (Å²) in [7, 11) is 5.28. The normalized spacial score (nSPS) is 11.8. The zero-order chi connectivity index (χ0) is 13.5. The van der Waals surface area contributed by atoms with E-state index in [1.165, 1.54) is 5.57 Å². The number of para-hydroxylation sites is 1. The molecule has 0 fully saturated rings. The van der Waals surface area contributed by atoms with Crippen LogP contribution in [0.25, 0.3) is 6.08 Å². The van der Waals surface area contributed by atoms with Gasteiger partial charge in [-0.25, -0.2) is 0 Å². The van der Waals surface area contributed by atoms with Crippen molar-refractivity contribution in [2.75, 3.05) is 27.8 Å². The molecule has 0 aromatic heterocycles. The minimum atomic E-state index is 0.494. The van der Waals surface area contributed by atoms with Crippen LogP contribution in [0.1, 0.15) is 19.4 Å². The molecule has 3 heteroatoms. The van der Waals surface area contributed by atoms with Crippen molar-refractivity contribution in [2.45, 2.75) is 13.8 Å². The molecule has 0 heterocycles. The second-order valence-electron chi connectivity index (χ2n) is 4.49. The molecule has 3 nitrogen and oxygen atoms in total. The first-order valence-corrected chi connectivity index (χ1v) is 6.20. The highest BCUT2D eigenvalue weighted by atomic mass is 16.5. The smallest absolute Gasteiger partial charge is 0.167 e. The van der Waals surface area contributed by atoms with E-state index in [0.29, 0.717) is 5.92 Å². The molecule has 0 aliphatic rings. The summed E-state index contributed by atoms with van der Waals surface area (Å²) in [5.41, 5.74) is 2.39. The van der Waals surface area contributed by atoms with Crippen molar-refractivity contribution >= 4 is 6.08 Å². The van der Waals surface area contributed by atoms with Crippen molar-refractivity contribution < 1.29 is 9.47 Å². The summed E-state index contributed by atoms with van der Waals surface area (Å²) in [5.74, 6) is 2.04. The van der Waals surface area contributed by atoms with Crippen LogP contribution >= 0.6 is 0 Å². The quantitative estimate of drug-likeness (QED) is 0.840. The topological polar surface area (TPSA) is 30.5 Å². The van der Waals surface area contributed by atoms with Crippen molar-refractivity contribution in [1.29, 1.82) is 0 Å². The maximum atomic E-state index is 5.44. The standard InChI is InChI=1S/C15H23NO2/c1-11(2)13(10-16-3)9-12-7-6-8-14(17-4)15(12)18-5/h6-9,11,16H,10H2,1-5H3. The molecule has 0 spiro atoms. The van der Waals surface area contributed by atoms with Gasteiger partial charge in [-0.15, -0.1) is 0 Å². The molecule has 1 aromatic rings. The van der Waals surface area contributed by atoms with E-state index >= 15 is 0 Å². The van der Waals surface area contributed by atoms with Gasteiger partial charge in [-0.2, -0.15) is 0 Å². The first-order chi connectivity index (χ1) is 8.63. The van der Waals surface area contributed by atoms with Gasteiger partial charge in [0.1, 0.15) is 0 Å². The maximum absolute atomic E-state index is 5.44. The Morgan fingerprint density at radius 1 is 1.28 bits per heavy atom. The van der Waals surface area contributed by atoms with E-state index in [0.717, 1.165) is 23.6 Å². The number of rotatable bonds is 6. The van der Waals surface area contributed by atoms with Crippen molar-refractivity contribution in [3.8, 4) is 11.5 Å². The van der Waals surface area contributed by atoms with E-state index in [-0.39, 0.29) is 0 Å². The van der Waals surface area contributed by atoms with Gasteiger partial charge in [0.25, 0.3) is 0 Å². The lowest BCUT2D eigenvalue weighted by molar-refractivity contribution is 0.354. The minimum Gasteiger partial charge on any atom is -0.493 e. The van der Waals surface area contributed by atoms with Gasteiger partial charge in [0.05, 0.1) is 14.2 Å². The molecule has 100 valence electrons. The van der Waals surface area contributed by atoms with Gasteiger partial charge in [0, 0.05) is 12.1 Å². The zero-order valence-electron chi connectivity index (χ0n) is 11.9. The Labute approximate surface area is 110 Å². The van der Waals surface area contributed by atoms with Crippen molar-refractivity contribution in [1.82, 2.24) is 5.32 Å². The average molecular weight is 249 g/mol. The Morgan fingerprint density at radius 2 is 2.00 bits per heavy atom. The van der Waals surface area contributed by atoms with Crippen LogP contribution in [0.15, 0.2) is 23.8 Å². The van der Waals surface area contributed by atoms with Gasteiger partial charge in [-0.05, 0) is 19.0 Å². The van der Waals surface area contributed by atoms with E-state index in [4.69, 9.17) is 9.47 Å². The summed E-state index contributed by atoms with van der Waals surface area (Å²) < 4.78 is 10.7. The van der Waals surface area contributed by atoms with Crippen molar-refractivity contribution in [3.05, 3.63) is 29.3 Å². The fourth-order valence-electron chi connectivity index (χ4n) is 1.85.